The molecule has 2 aliphatic rings. The highest BCUT2D eigenvalue weighted by atomic mass is 16.9. The van der Waals surface area contributed by atoms with E-state index in [2.05, 4.69) is 31.9 Å². The largest absolute Gasteiger partial charge is 0.480 e. The average molecular weight is 1140 g/mol. The molecule has 0 unspecified atom stereocenters. The molecule has 0 aromatic rings. The molecule has 0 aromatic carbocycles. The molecule has 2 aliphatic heterocycles. The lowest BCUT2D eigenvalue weighted by Gasteiger charge is -2.40. The molecule has 32 nitrogen and oxygen atoms in total. The lowest BCUT2D eigenvalue weighted by molar-refractivity contribution is -0.378. The van der Waals surface area contributed by atoms with E-state index in [1.165, 1.54) is 11.0 Å². The van der Waals surface area contributed by atoms with Crippen molar-refractivity contribution >= 4 is 47.5 Å². The highest BCUT2D eigenvalue weighted by Crippen LogP contribution is 2.31. The zero-order valence-electron chi connectivity index (χ0n) is 44.6. The summed E-state index contributed by atoms with van der Waals surface area (Å²) < 4.78 is 56.7. The zero-order chi connectivity index (χ0) is 59.1. The number of carbonyl (C=O) groups is 6. The number of nitrogens with zero attached hydrogens (tertiary/aromatic N) is 3. The molecule has 0 aromatic heterocycles. The number of aliphatic carboxylic acids is 2. The minimum absolute atomic E-state index is 0.0221. The van der Waals surface area contributed by atoms with Gasteiger partial charge < -0.3 is 122 Å². The number of aliphatic hydroxyl groups excluding tert-OH is 4. The van der Waals surface area contributed by atoms with Gasteiger partial charge in [-0.1, -0.05) is 12.8 Å². The maximum absolute atomic E-state index is 14.0. The molecule has 10 atom stereocenters. The van der Waals surface area contributed by atoms with Gasteiger partial charge in [-0.25, -0.2) is 19.6 Å². The van der Waals surface area contributed by atoms with Crippen LogP contribution in [-0.2, 0) is 76.1 Å². The third-order valence-electron chi connectivity index (χ3n) is 11.3. The van der Waals surface area contributed by atoms with Gasteiger partial charge in [-0.05, 0) is 26.0 Å². The van der Waals surface area contributed by atoms with E-state index in [4.69, 9.17) is 76.7 Å². The Hall–Kier alpha value is -6.48. The zero-order valence-corrected chi connectivity index (χ0v) is 44.6. The van der Waals surface area contributed by atoms with Crippen LogP contribution in [0.25, 0.3) is 0 Å². The normalized spacial score (nSPS) is 20.4. The van der Waals surface area contributed by atoms with Crippen LogP contribution < -0.4 is 38.9 Å². The van der Waals surface area contributed by atoms with E-state index in [0.29, 0.717) is 0 Å². The third kappa shape index (κ3) is 24.6. The molecule has 4 amide bonds. The first-order valence-electron chi connectivity index (χ1n) is 25.0. The number of nitrogens with two attached hydrogens (primary N) is 4. The first kappa shape index (κ1) is 68.6. The lowest BCUT2D eigenvalue weighted by Crippen LogP contribution is -2.60. The smallest absolute Gasteiger partial charge is 0.370 e. The summed E-state index contributed by atoms with van der Waals surface area (Å²) in [4.78, 5) is 85.0. The fourth-order valence-electron chi connectivity index (χ4n) is 7.75. The fourth-order valence-corrected chi connectivity index (χ4v) is 7.75. The minimum Gasteiger partial charge on any atom is -0.480 e. The van der Waals surface area contributed by atoms with Crippen LogP contribution in [0.1, 0.15) is 34.1 Å². The number of carboxylic acid groups (broad SMARTS) is 2. The average Bonchev–Trinajstić information content (AvgIpc) is 3.45. The van der Waals surface area contributed by atoms with Crippen molar-refractivity contribution in [2.45, 2.75) is 94.8 Å². The first-order valence-corrected chi connectivity index (χ1v) is 25.0. The number of guanidine groups is 2. The SMILES string of the molecule is C#CCOCCOC(CC(=O)N(CCOCCNC(=O)CO[C@@H]([C@@H]1OC(C(=O)O)=C[C@H](N=C(N)N)[C@H]1C)[C@H](O)CO)CCOCCNC(=O)CO[C@@H]([C@@H]1OC(C(=O)O)=C[C@H](N=C(N)N)[C@H]1NC(C)=O)[C@H](O)CO)(OCC)OCC. The van der Waals surface area contributed by atoms with Crippen LogP contribution in [0.5, 0.6) is 0 Å². The number of carboxylic acids is 2. The standard InChI is InChI=1S/C47H78N10O22/c1-6-13-70-18-19-77-47(75-7-2,76-8-3)22-37(65)57(11-16-71-14-9-52-35(63)25-73-40(31(61)23-58)39-27(4)29(55-45(48)49)20-33(78-39)43(66)67)12-17-72-15-10-53-36(64)26-74-41(32(62)24-59)42-38(54-28(5)60)30(56-46(50)51)21-34(79-42)44(68)69/h1,20-21,27,29-32,38-42,58-59,61-62H,7-19,22-26H2,2-5H3,(H,52,63)(H,53,64)(H,54,60)(H,66,67)(H,68,69)(H4,48,49,55)(H4,50,51,56)/t27-,29+,30+,31-,32-,38-,39-,40-,41-,42-/m1/s1. The maximum Gasteiger partial charge on any atom is 0.370 e. The van der Waals surface area contributed by atoms with Gasteiger partial charge in [0.05, 0.1) is 71.0 Å². The van der Waals surface area contributed by atoms with Crippen LogP contribution >= 0.6 is 0 Å². The fraction of sp³-hybridized carbons (Fsp3) is 0.702. The molecule has 32 heteroatoms. The highest BCUT2D eigenvalue weighted by molar-refractivity contribution is 5.86. The highest BCUT2D eigenvalue weighted by Gasteiger charge is 2.46. The van der Waals surface area contributed by atoms with E-state index in [9.17, 15) is 59.4 Å². The Morgan fingerprint density at radius 3 is 1.67 bits per heavy atom. The molecule has 0 bridgehead atoms. The summed E-state index contributed by atoms with van der Waals surface area (Å²) in [5.41, 5.74) is 22.1. The van der Waals surface area contributed by atoms with E-state index in [-0.39, 0.29) is 91.6 Å². The topological polar surface area (TPSA) is 484 Å². The quantitative estimate of drug-likeness (QED) is 0.00892. The van der Waals surface area contributed by atoms with Gasteiger partial charge in [-0.2, -0.15) is 0 Å². The molecule has 2 rings (SSSR count). The maximum atomic E-state index is 14.0. The molecule has 0 fully saturated rings. The lowest BCUT2D eigenvalue weighted by atomic mass is 9.87. The van der Waals surface area contributed by atoms with Gasteiger partial charge in [-0.15, -0.1) is 6.42 Å². The van der Waals surface area contributed by atoms with Crippen molar-refractivity contribution in [3.8, 4) is 12.3 Å². The number of amides is 4. The van der Waals surface area contributed by atoms with Crippen molar-refractivity contribution in [1.82, 2.24) is 20.9 Å². The summed E-state index contributed by atoms with van der Waals surface area (Å²) in [6, 6.07) is -3.36. The second-order valence-corrected chi connectivity index (χ2v) is 17.2. The van der Waals surface area contributed by atoms with E-state index in [1.54, 1.807) is 20.8 Å². The number of terminal acetylenes is 1. The molecule has 0 spiro atoms. The molecule has 0 radical (unpaired) electrons. The second-order valence-electron chi connectivity index (χ2n) is 17.2. The molecular weight excluding hydrogens is 1060 g/mol. The predicted molar refractivity (Wildman–Crippen MR) is 273 cm³/mol. The monoisotopic (exact) mass is 1130 g/mol. The first-order chi connectivity index (χ1) is 37.6. The Morgan fingerprint density at radius 2 is 1.22 bits per heavy atom. The van der Waals surface area contributed by atoms with Gasteiger partial charge in [0.2, 0.25) is 35.1 Å². The number of carbonyl (C=O) groups excluding carboxylic acids is 4. The number of nitrogens with one attached hydrogen (secondary N) is 3. The predicted octanol–water partition coefficient (Wildman–Crippen LogP) is -6.50. The summed E-state index contributed by atoms with van der Waals surface area (Å²) in [6.07, 6.45) is -2.10. The van der Waals surface area contributed by atoms with Crippen molar-refractivity contribution in [2.24, 2.45) is 38.8 Å². The van der Waals surface area contributed by atoms with Gasteiger partial charge in [0, 0.05) is 52.2 Å². The summed E-state index contributed by atoms with van der Waals surface area (Å²) >= 11 is 0. The van der Waals surface area contributed by atoms with Crippen LogP contribution in [0.4, 0.5) is 0 Å². The number of hydrogen-bond acceptors (Lipinski definition) is 22. The molecule has 2 heterocycles. The Kier molecular flexibility index (Phi) is 31.8. The summed E-state index contributed by atoms with van der Waals surface area (Å²) in [5, 5.41) is 67.9. The van der Waals surface area contributed by atoms with Gasteiger partial charge in [0.1, 0.15) is 56.8 Å². The molecule has 79 heavy (non-hydrogen) atoms. The van der Waals surface area contributed by atoms with Crippen molar-refractivity contribution in [1.29, 1.82) is 0 Å². The molecular formula is C47H78N10O22. The molecule has 17 N–H and O–H groups in total. The van der Waals surface area contributed by atoms with E-state index in [1.807, 2.05) is 0 Å². The minimum atomic E-state index is -1.82. The summed E-state index contributed by atoms with van der Waals surface area (Å²) in [5.74, 6) is -7.72. The number of ether oxygens (including phenoxy) is 10. The van der Waals surface area contributed by atoms with Gasteiger partial charge >= 0.3 is 11.9 Å². The van der Waals surface area contributed by atoms with Crippen molar-refractivity contribution in [3.63, 3.8) is 0 Å². The van der Waals surface area contributed by atoms with Gasteiger partial charge in [0.15, 0.2) is 18.0 Å². The van der Waals surface area contributed by atoms with Crippen LogP contribution in [0.2, 0.25) is 0 Å². The van der Waals surface area contributed by atoms with Crippen LogP contribution in [-0.4, -0.2) is 256 Å². The van der Waals surface area contributed by atoms with Crippen LogP contribution in [0.15, 0.2) is 33.7 Å². The van der Waals surface area contributed by atoms with Crippen molar-refractivity contribution in [2.75, 3.05) is 112 Å². The molecule has 0 saturated heterocycles. The van der Waals surface area contributed by atoms with E-state index >= 15 is 0 Å². The third-order valence-corrected chi connectivity index (χ3v) is 11.3. The number of rotatable bonds is 40. The molecule has 448 valence electrons. The van der Waals surface area contributed by atoms with E-state index < -0.39 is 153 Å². The van der Waals surface area contributed by atoms with Crippen molar-refractivity contribution < 1.29 is 107 Å². The summed E-state index contributed by atoms with van der Waals surface area (Å²) in [6.45, 7) is 2.68. The molecule has 0 aliphatic carbocycles. The number of hydrogen-bond donors (Lipinski definition) is 13. The molecule has 0 saturated carbocycles. The Balaban J connectivity index is 2.09. The van der Waals surface area contributed by atoms with Crippen LogP contribution in [0, 0.1) is 18.3 Å². The number of aliphatic hydroxyl groups is 4. The number of aliphatic imine (C=N–C) groups is 2. The van der Waals surface area contributed by atoms with E-state index in [0.717, 1.165) is 13.0 Å². The Morgan fingerprint density at radius 1 is 0.734 bits per heavy atom. The second kappa shape index (κ2) is 36.6. The Labute approximate surface area is 456 Å². The summed E-state index contributed by atoms with van der Waals surface area (Å²) in [7, 11) is 0. The van der Waals surface area contributed by atoms with Crippen molar-refractivity contribution in [3.05, 3.63) is 23.7 Å². The van der Waals surface area contributed by atoms with Gasteiger partial charge in [-0.3, -0.25) is 19.2 Å². The van der Waals surface area contributed by atoms with Gasteiger partial charge in [0.25, 0.3) is 5.97 Å². The Bertz CT molecular complexity index is 2100. The van der Waals surface area contributed by atoms with Crippen LogP contribution in [0.3, 0.4) is 0 Å².